The van der Waals surface area contributed by atoms with Crippen molar-refractivity contribution in [2.75, 3.05) is 0 Å². The number of hydrogen-bond acceptors (Lipinski definition) is 2. The van der Waals surface area contributed by atoms with Crippen molar-refractivity contribution in [3.05, 3.63) is 70.2 Å². The van der Waals surface area contributed by atoms with Gasteiger partial charge in [-0.25, -0.2) is 0 Å². The molecule has 0 saturated heterocycles. The summed E-state index contributed by atoms with van der Waals surface area (Å²) in [5.41, 5.74) is 7.74. The van der Waals surface area contributed by atoms with Crippen molar-refractivity contribution in [1.29, 1.82) is 0 Å². The van der Waals surface area contributed by atoms with E-state index in [0.29, 0.717) is 22.1 Å². The Balaban J connectivity index is 2.06. The zero-order valence-electron chi connectivity index (χ0n) is 10.6. The molecule has 0 radical (unpaired) electrons. The molecule has 1 amide bonds. The number of hydrogen-bond donors (Lipinski definition) is 2. The average molecular weight is 305 g/mol. The lowest BCUT2D eigenvalue weighted by Crippen LogP contribution is -2.23. The van der Waals surface area contributed by atoms with Gasteiger partial charge in [0.1, 0.15) is 4.99 Å². The predicted molar refractivity (Wildman–Crippen MR) is 85.0 cm³/mol. The minimum atomic E-state index is -0.212. The van der Waals surface area contributed by atoms with E-state index in [4.69, 9.17) is 29.6 Å². The first-order chi connectivity index (χ1) is 9.58. The second-order valence-electron chi connectivity index (χ2n) is 4.23. The van der Waals surface area contributed by atoms with Crippen LogP contribution in [0, 0.1) is 0 Å². The van der Waals surface area contributed by atoms with Gasteiger partial charge in [0, 0.05) is 12.1 Å². The van der Waals surface area contributed by atoms with Crippen LogP contribution in [0.15, 0.2) is 48.5 Å². The molecule has 0 aliphatic carbocycles. The third-order valence-electron chi connectivity index (χ3n) is 2.78. The lowest BCUT2D eigenvalue weighted by atomic mass is 10.1. The zero-order chi connectivity index (χ0) is 14.5. The number of benzene rings is 2. The summed E-state index contributed by atoms with van der Waals surface area (Å²) in [6.45, 7) is 0.389. The summed E-state index contributed by atoms with van der Waals surface area (Å²) in [5.74, 6) is -0.212. The van der Waals surface area contributed by atoms with Crippen LogP contribution in [0.1, 0.15) is 21.5 Å². The molecule has 5 heteroatoms. The van der Waals surface area contributed by atoms with Gasteiger partial charge in [-0.15, -0.1) is 0 Å². The summed E-state index contributed by atoms with van der Waals surface area (Å²) in [6, 6.07) is 14.4. The predicted octanol–water partition coefficient (Wildman–Crippen LogP) is 2.90. The summed E-state index contributed by atoms with van der Waals surface area (Å²) < 4.78 is 0. The molecule has 0 fully saturated rings. The normalized spacial score (nSPS) is 10.1. The summed E-state index contributed by atoms with van der Waals surface area (Å²) in [7, 11) is 0. The average Bonchev–Trinajstić information content (AvgIpc) is 2.45. The van der Waals surface area contributed by atoms with Gasteiger partial charge in [0.25, 0.3) is 5.91 Å². The molecule has 20 heavy (non-hydrogen) atoms. The molecule has 0 bridgehead atoms. The fraction of sp³-hybridized carbons (Fsp3) is 0.0667. The van der Waals surface area contributed by atoms with E-state index in [2.05, 4.69) is 5.32 Å². The lowest BCUT2D eigenvalue weighted by molar-refractivity contribution is 0.0951. The van der Waals surface area contributed by atoms with Crippen LogP contribution in [0.25, 0.3) is 0 Å². The number of thiocarbonyl (C=S) groups is 1. The molecule has 2 aromatic rings. The highest BCUT2D eigenvalue weighted by Gasteiger charge is 2.09. The molecule has 102 valence electrons. The first kappa shape index (κ1) is 14.5. The quantitative estimate of drug-likeness (QED) is 0.854. The number of nitrogens with two attached hydrogens (primary N) is 1. The lowest BCUT2D eigenvalue weighted by Gasteiger charge is -2.08. The van der Waals surface area contributed by atoms with E-state index >= 15 is 0 Å². The van der Waals surface area contributed by atoms with Gasteiger partial charge in [0.05, 0.1) is 10.6 Å². The van der Waals surface area contributed by atoms with Crippen molar-refractivity contribution >= 4 is 34.7 Å². The first-order valence-electron chi connectivity index (χ1n) is 5.99. The summed E-state index contributed by atoms with van der Waals surface area (Å²) in [4.78, 5) is 12.3. The van der Waals surface area contributed by atoms with Crippen molar-refractivity contribution in [2.24, 2.45) is 5.73 Å². The molecule has 0 aliphatic rings. The molecular weight excluding hydrogens is 292 g/mol. The molecule has 0 spiro atoms. The van der Waals surface area contributed by atoms with Crippen molar-refractivity contribution in [2.45, 2.75) is 6.54 Å². The Kier molecular flexibility index (Phi) is 4.71. The van der Waals surface area contributed by atoms with Crippen LogP contribution in [-0.4, -0.2) is 10.9 Å². The van der Waals surface area contributed by atoms with E-state index in [-0.39, 0.29) is 5.91 Å². The standard InChI is InChI=1S/C15H13ClN2OS/c16-13-7-2-1-6-12(13)15(19)18-9-10-4-3-5-11(8-10)14(17)20/h1-8H,9H2,(H2,17,20)(H,18,19). The third kappa shape index (κ3) is 3.56. The van der Waals surface area contributed by atoms with Gasteiger partial charge >= 0.3 is 0 Å². The Morgan fingerprint density at radius 3 is 2.65 bits per heavy atom. The van der Waals surface area contributed by atoms with Crippen LogP contribution in [0.5, 0.6) is 0 Å². The van der Waals surface area contributed by atoms with Gasteiger partial charge in [-0.3, -0.25) is 4.79 Å². The summed E-state index contributed by atoms with van der Waals surface area (Å²) in [5, 5.41) is 3.25. The number of halogens is 1. The molecule has 0 saturated carbocycles. The van der Waals surface area contributed by atoms with Gasteiger partial charge in [0.2, 0.25) is 0 Å². The maximum absolute atomic E-state index is 12.0. The monoisotopic (exact) mass is 304 g/mol. The molecule has 2 aromatic carbocycles. The second-order valence-corrected chi connectivity index (χ2v) is 5.07. The first-order valence-corrected chi connectivity index (χ1v) is 6.78. The SMILES string of the molecule is NC(=S)c1cccc(CNC(=O)c2ccccc2Cl)c1. The second kappa shape index (κ2) is 6.50. The highest BCUT2D eigenvalue weighted by molar-refractivity contribution is 7.80. The Morgan fingerprint density at radius 1 is 1.20 bits per heavy atom. The van der Waals surface area contributed by atoms with Crippen molar-refractivity contribution in [3.63, 3.8) is 0 Å². The van der Waals surface area contributed by atoms with Crippen molar-refractivity contribution in [3.8, 4) is 0 Å². The van der Waals surface area contributed by atoms with Crippen molar-refractivity contribution in [1.82, 2.24) is 5.32 Å². The third-order valence-corrected chi connectivity index (χ3v) is 3.35. The molecule has 0 aliphatic heterocycles. The molecular formula is C15H13ClN2OS. The Hall–Kier alpha value is -1.91. The van der Waals surface area contributed by atoms with E-state index < -0.39 is 0 Å². The topological polar surface area (TPSA) is 55.1 Å². The van der Waals surface area contributed by atoms with Gasteiger partial charge < -0.3 is 11.1 Å². The minimum absolute atomic E-state index is 0.212. The molecule has 0 aromatic heterocycles. The van der Waals surface area contributed by atoms with Gasteiger partial charge in [-0.05, 0) is 23.8 Å². The number of rotatable bonds is 4. The van der Waals surface area contributed by atoms with E-state index in [1.165, 1.54) is 0 Å². The number of nitrogens with one attached hydrogen (secondary N) is 1. The molecule has 0 unspecified atom stereocenters. The van der Waals surface area contributed by atoms with Gasteiger partial charge in [-0.1, -0.05) is 54.2 Å². The number of amides is 1. The Bertz CT molecular complexity index is 658. The summed E-state index contributed by atoms with van der Waals surface area (Å²) in [6.07, 6.45) is 0. The largest absolute Gasteiger partial charge is 0.389 e. The van der Waals surface area contributed by atoms with Gasteiger partial charge in [0.15, 0.2) is 0 Å². The summed E-state index contributed by atoms with van der Waals surface area (Å²) >= 11 is 10.9. The highest BCUT2D eigenvalue weighted by atomic mass is 35.5. The fourth-order valence-corrected chi connectivity index (χ4v) is 2.11. The fourth-order valence-electron chi connectivity index (χ4n) is 1.76. The Labute approximate surface area is 127 Å². The highest BCUT2D eigenvalue weighted by Crippen LogP contribution is 2.14. The molecule has 3 N–H and O–H groups in total. The smallest absolute Gasteiger partial charge is 0.253 e. The van der Waals surface area contributed by atoms with E-state index in [1.807, 2.05) is 24.3 Å². The van der Waals surface area contributed by atoms with Gasteiger partial charge in [-0.2, -0.15) is 0 Å². The van der Waals surface area contributed by atoms with Crippen molar-refractivity contribution < 1.29 is 4.79 Å². The van der Waals surface area contributed by atoms with E-state index in [9.17, 15) is 4.79 Å². The number of carbonyl (C=O) groups excluding carboxylic acids is 1. The molecule has 3 nitrogen and oxygen atoms in total. The number of carbonyl (C=O) groups is 1. The van der Waals surface area contributed by atoms with Crippen LogP contribution in [0.4, 0.5) is 0 Å². The maximum atomic E-state index is 12.0. The Morgan fingerprint density at radius 2 is 1.95 bits per heavy atom. The molecule has 0 atom stereocenters. The maximum Gasteiger partial charge on any atom is 0.253 e. The van der Waals surface area contributed by atoms with Crippen LogP contribution in [0.3, 0.4) is 0 Å². The van der Waals surface area contributed by atoms with E-state index in [1.54, 1.807) is 24.3 Å². The van der Waals surface area contributed by atoms with Crippen LogP contribution < -0.4 is 11.1 Å². The van der Waals surface area contributed by atoms with Crippen LogP contribution >= 0.6 is 23.8 Å². The molecule has 0 heterocycles. The zero-order valence-corrected chi connectivity index (χ0v) is 12.2. The van der Waals surface area contributed by atoms with Crippen LogP contribution in [0.2, 0.25) is 5.02 Å². The van der Waals surface area contributed by atoms with E-state index in [0.717, 1.165) is 11.1 Å². The minimum Gasteiger partial charge on any atom is -0.389 e. The molecule has 2 rings (SSSR count). The van der Waals surface area contributed by atoms with Crippen LogP contribution in [-0.2, 0) is 6.54 Å².